The van der Waals surface area contributed by atoms with Gasteiger partial charge in [0.25, 0.3) is 0 Å². The number of nitrogens with zero attached hydrogens (tertiary/aromatic N) is 1. The first-order chi connectivity index (χ1) is 9.72. The van der Waals surface area contributed by atoms with Gasteiger partial charge in [-0.15, -0.1) is 0 Å². The van der Waals surface area contributed by atoms with Crippen LogP contribution in [0.3, 0.4) is 0 Å². The van der Waals surface area contributed by atoms with E-state index in [4.69, 9.17) is 23.2 Å². The Morgan fingerprint density at radius 1 is 1.43 bits per heavy atom. The van der Waals surface area contributed by atoms with Crippen LogP contribution in [0.4, 0.5) is 0 Å². The highest BCUT2D eigenvalue weighted by atomic mass is 35.5. The average Bonchev–Trinajstić information content (AvgIpc) is 2.56. The second kappa shape index (κ2) is 5.85. The van der Waals surface area contributed by atoms with Crippen LogP contribution in [0.2, 0.25) is 10.0 Å². The summed E-state index contributed by atoms with van der Waals surface area (Å²) in [6, 6.07) is 4.68. The molecule has 1 aromatic rings. The number of halogens is 2. The largest absolute Gasteiger partial charge is 0.350 e. The van der Waals surface area contributed by atoms with Crippen molar-refractivity contribution < 1.29 is 9.59 Å². The van der Waals surface area contributed by atoms with Crippen LogP contribution in [0.25, 0.3) is 0 Å². The summed E-state index contributed by atoms with van der Waals surface area (Å²) in [5, 5.41) is 3.91. The van der Waals surface area contributed by atoms with Crippen molar-refractivity contribution in [2.45, 2.75) is 32.9 Å². The Balaban J connectivity index is 2.06. The molecule has 114 valence electrons. The number of carbonyl (C=O) groups is 2. The van der Waals surface area contributed by atoms with Crippen LogP contribution in [0, 0.1) is 5.41 Å². The molecule has 6 heteroatoms. The minimum absolute atomic E-state index is 0.00956. The SMILES string of the molecule is CN1C(=O)CC(C)(C)C1C(=O)NCc1ccc(Cl)cc1Cl. The van der Waals surface area contributed by atoms with Crippen LogP contribution in [0.15, 0.2) is 18.2 Å². The Hall–Kier alpha value is -1.26. The number of hydrogen-bond donors (Lipinski definition) is 1. The summed E-state index contributed by atoms with van der Waals surface area (Å²) in [7, 11) is 1.66. The lowest BCUT2D eigenvalue weighted by molar-refractivity contribution is -0.134. The molecule has 2 rings (SSSR count). The van der Waals surface area contributed by atoms with Crippen LogP contribution in [0.1, 0.15) is 25.8 Å². The van der Waals surface area contributed by atoms with Gasteiger partial charge in [0.2, 0.25) is 11.8 Å². The van der Waals surface area contributed by atoms with Crippen LogP contribution >= 0.6 is 23.2 Å². The van der Waals surface area contributed by atoms with Gasteiger partial charge in [-0.3, -0.25) is 9.59 Å². The zero-order chi connectivity index (χ0) is 15.8. The van der Waals surface area contributed by atoms with E-state index in [1.54, 1.807) is 25.2 Å². The summed E-state index contributed by atoms with van der Waals surface area (Å²) in [5.74, 6) is -0.177. The summed E-state index contributed by atoms with van der Waals surface area (Å²) in [6.45, 7) is 4.16. The molecule has 1 aliphatic heterocycles. The van der Waals surface area contributed by atoms with Crippen LogP contribution in [-0.2, 0) is 16.1 Å². The molecule has 1 N–H and O–H groups in total. The van der Waals surface area contributed by atoms with Gasteiger partial charge in [0.15, 0.2) is 0 Å². The fraction of sp³-hybridized carbons (Fsp3) is 0.467. The summed E-state index contributed by atoms with van der Waals surface area (Å²) < 4.78 is 0. The summed E-state index contributed by atoms with van der Waals surface area (Å²) in [4.78, 5) is 25.7. The molecule has 1 atom stereocenters. The Morgan fingerprint density at radius 3 is 2.62 bits per heavy atom. The van der Waals surface area contributed by atoms with E-state index in [0.29, 0.717) is 23.0 Å². The molecule has 2 amide bonds. The van der Waals surface area contributed by atoms with Gasteiger partial charge in [-0.05, 0) is 17.7 Å². The molecule has 1 aliphatic rings. The number of likely N-dealkylation sites (tertiary alicyclic amines) is 1. The molecule has 0 radical (unpaired) electrons. The molecule has 21 heavy (non-hydrogen) atoms. The van der Waals surface area contributed by atoms with E-state index in [2.05, 4.69) is 5.32 Å². The van der Waals surface area contributed by atoms with Gasteiger partial charge in [0.1, 0.15) is 6.04 Å². The Morgan fingerprint density at radius 2 is 2.10 bits per heavy atom. The topological polar surface area (TPSA) is 49.4 Å². The maximum absolute atomic E-state index is 12.4. The predicted octanol–water partition coefficient (Wildman–Crippen LogP) is 2.87. The van der Waals surface area contributed by atoms with Gasteiger partial charge in [0.05, 0.1) is 0 Å². The van der Waals surface area contributed by atoms with E-state index in [1.165, 1.54) is 4.90 Å². The number of carbonyl (C=O) groups excluding carboxylic acids is 2. The fourth-order valence-electron chi connectivity index (χ4n) is 2.75. The minimum atomic E-state index is -0.462. The maximum Gasteiger partial charge on any atom is 0.243 e. The first-order valence-electron chi connectivity index (χ1n) is 6.69. The zero-order valence-electron chi connectivity index (χ0n) is 12.2. The Kier molecular flexibility index (Phi) is 4.49. The van der Waals surface area contributed by atoms with Gasteiger partial charge >= 0.3 is 0 Å². The third-order valence-corrected chi connectivity index (χ3v) is 4.43. The van der Waals surface area contributed by atoms with Gasteiger partial charge in [0, 0.05) is 35.5 Å². The van der Waals surface area contributed by atoms with Crippen LogP contribution < -0.4 is 5.32 Å². The van der Waals surface area contributed by atoms with Gasteiger partial charge < -0.3 is 10.2 Å². The third kappa shape index (κ3) is 3.33. The lowest BCUT2D eigenvalue weighted by Crippen LogP contribution is -2.48. The molecule has 0 bridgehead atoms. The maximum atomic E-state index is 12.4. The van der Waals surface area contributed by atoms with E-state index in [-0.39, 0.29) is 17.2 Å². The van der Waals surface area contributed by atoms with Crippen molar-refractivity contribution in [2.24, 2.45) is 5.41 Å². The van der Waals surface area contributed by atoms with Crippen molar-refractivity contribution in [3.8, 4) is 0 Å². The average molecular weight is 329 g/mol. The summed E-state index contributed by atoms with van der Waals surface area (Å²) >= 11 is 11.9. The second-order valence-electron chi connectivity index (χ2n) is 6.03. The number of nitrogens with one attached hydrogen (secondary N) is 1. The van der Waals surface area contributed by atoms with Gasteiger partial charge in [-0.2, -0.15) is 0 Å². The normalized spacial score (nSPS) is 20.7. The molecule has 0 aliphatic carbocycles. The summed E-state index contributed by atoms with van der Waals surface area (Å²) in [5.41, 5.74) is 0.416. The lowest BCUT2D eigenvalue weighted by Gasteiger charge is -2.28. The highest BCUT2D eigenvalue weighted by Crippen LogP contribution is 2.36. The van der Waals surface area contributed by atoms with Crippen molar-refractivity contribution in [2.75, 3.05) is 7.05 Å². The number of hydrogen-bond acceptors (Lipinski definition) is 2. The monoisotopic (exact) mass is 328 g/mol. The number of rotatable bonds is 3. The molecule has 0 spiro atoms. The highest BCUT2D eigenvalue weighted by Gasteiger charge is 2.47. The van der Waals surface area contributed by atoms with E-state index >= 15 is 0 Å². The molecule has 1 unspecified atom stereocenters. The van der Waals surface area contributed by atoms with Gasteiger partial charge in [-0.25, -0.2) is 0 Å². The van der Waals surface area contributed by atoms with Crippen LogP contribution in [-0.4, -0.2) is 29.8 Å². The van der Waals surface area contributed by atoms with Gasteiger partial charge in [-0.1, -0.05) is 43.1 Å². The van der Waals surface area contributed by atoms with Crippen molar-refractivity contribution in [3.63, 3.8) is 0 Å². The molecule has 0 saturated carbocycles. The van der Waals surface area contributed by atoms with Crippen molar-refractivity contribution in [3.05, 3.63) is 33.8 Å². The molecular formula is C15H18Cl2N2O2. The molecule has 1 heterocycles. The van der Waals surface area contributed by atoms with Crippen molar-refractivity contribution >= 4 is 35.0 Å². The molecule has 4 nitrogen and oxygen atoms in total. The number of amides is 2. The fourth-order valence-corrected chi connectivity index (χ4v) is 3.23. The lowest BCUT2D eigenvalue weighted by atomic mass is 9.84. The van der Waals surface area contributed by atoms with E-state index < -0.39 is 6.04 Å². The molecule has 0 aromatic heterocycles. The molecule has 1 saturated heterocycles. The van der Waals surface area contributed by atoms with Crippen molar-refractivity contribution in [1.82, 2.24) is 10.2 Å². The molecule has 1 aromatic carbocycles. The smallest absolute Gasteiger partial charge is 0.243 e. The third-order valence-electron chi connectivity index (χ3n) is 3.84. The van der Waals surface area contributed by atoms with Crippen LogP contribution in [0.5, 0.6) is 0 Å². The number of likely N-dealkylation sites (N-methyl/N-ethyl adjacent to an activating group) is 1. The number of benzene rings is 1. The Bertz CT molecular complexity index is 587. The molecular weight excluding hydrogens is 311 g/mol. The predicted molar refractivity (Wildman–Crippen MR) is 83.3 cm³/mol. The molecule has 1 fully saturated rings. The second-order valence-corrected chi connectivity index (χ2v) is 6.87. The van der Waals surface area contributed by atoms with E-state index in [1.807, 2.05) is 13.8 Å². The zero-order valence-corrected chi connectivity index (χ0v) is 13.8. The first-order valence-corrected chi connectivity index (χ1v) is 7.45. The van der Waals surface area contributed by atoms with E-state index in [9.17, 15) is 9.59 Å². The quantitative estimate of drug-likeness (QED) is 0.927. The summed E-state index contributed by atoms with van der Waals surface area (Å²) in [6.07, 6.45) is 0.378. The van der Waals surface area contributed by atoms with Crippen molar-refractivity contribution in [1.29, 1.82) is 0 Å². The van der Waals surface area contributed by atoms with E-state index in [0.717, 1.165) is 5.56 Å². The standard InChI is InChI=1S/C15H18Cl2N2O2/c1-15(2)7-12(20)19(3)13(15)14(21)18-8-9-4-5-10(16)6-11(9)17/h4-6,13H,7-8H2,1-3H3,(H,18,21). The minimum Gasteiger partial charge on any atom is -0.350 e. The Labute approximate surface area is 134 Å². The first kappa shape index (κ1) is 16.1. The highest BCUT2D eigenvalue weighted by molar-refractivity contribution is 6.35.